The van der Waals surface area contributed by atoms with E-state index in [1.165, 1.54) is 6.07 Å². The van der Waals surface area contributed by atoms with Crippen LogP contribution in [-0.2, 0) is 0 Å². The van der Waals surface area contributed by atoms with Crippen LogP contribution in [0.1, 0.15) is 70.3 Å². The fourth-order valence-electron chi connectivity index (χ4n) is 5.25. The van der Waals surface area contributed by atoms with Crippen molar-refractivity contribution in [1.82, 2.24) is 25.9 Å². The molecule has 1 aromatic carbocycles. The molecule has 0 unspecified atom stereocenters. The molecule has 1 atom stereocenters. The summed E-state index contributed by atoms with van der Waals surface area (Å²) in [5.41, 5.74) is 11.5. The molecule has 0 spiro atoms. The molecule has 2 aromatic heterocycles. The fourth-order valence-corrected chi connectivity index (χ4v) is 5.52. The molecule has 5 rings (SSSR count). The first kappa shape index (κ1) is 27.9. The van der Waals surface area contributed by atoms with Crippen molar-refractivity contribution in [3.05, 3.63) is 70.2 Å². The Balaban J connectivity index is 1.58. The number of nitrogens with zero attached hydrogens (tertiary/aromatic N) is 4. The van der Waals surface area contributed by atoms with Crippen LogP contribution in [0.4, 0.5) is 15.8 Å². The molecule has 10 heteroatoms. The molecular formula is C30H36ClFN8. The SMILES string of the molecule is Cc1nc(F)ccc1[C@H](Nc1cc(Cl)c2ncc(C#N)c(NCC(C)(C)C)c2c1)C1=CN(C2(C(C)C)CC2)NN1. The summed E-state index contributed by atoms with van der Waals surface area (Å²) in [5.74, 6) is -0.0542. The number of nitriles is 1. The first-order valence-electron chi connectivity index (χ1n) is 13.6. The lowest BCUT2D eigenvalue weighted by atomic mass is 9.96. The Morgan fingerprint density at radius 1 is 1.25 bits per heavy atom. The van der Waals surface area contributed by atoms with Gasteiger partial charge in [0.1, 0.15) is 6.07 Å². The lowest BCUT2D eigenvalue weighted by Gasteiger charge is -2.30. The van der Waals surface area contributed by atoms with Gasteiger partial charge in [-0.05, 0) is 49.3 Å². The van der Waals surface area contributed by atoms with Gasteiger partial charge in [0, 0.05) is 41.3 Å². The second kappa shape index (κ2) is 10.4. The third-order valence-electron chi connectivity index (χ3n) is 7.77. The van der Waals surface area contributed by atoms with E-state index in [1.54, 1.807) is 19.2 Å². The van der Waals surface area contributed by atoms with Gasteiger partial charge in [0.15, 0.2) is 0 Å². The molecule has 3 heterocycles. The highest BCUT2D eigenvalue weighted by molar-refractivity contribution is 6.35. The van der Waals surface area contributed by atoms with Gasteiger partial charge in [-0.25, -0.2) is 4.98 Å². The van der Waals surface area contributed by atoms with Crippen LogP contribution in [0.15, 0.2) is 42.4 Å². The van der Waals surface area contributed by atoms with E-state index in [-0.39, 0.29) is 17.0 Å². The lowest BCUT2D eigenvalue weighted by molar-refractivity contribution is 0.134. The molecule has 8 nitrogen and oxygen atoms in total. The highest BCUT2D eigenvalue weighted by atomic mass is 35.5. The fraction of sp³-hybridized carbons (Fsp3) is 0.433. The molecule has 1 fully saturated rings. The number of aryl methyl sites for hydroxylation is 1. The van der Waals surface area contributed by atoms with Gasteiger partial charge in [-0.3, -0.25) is 9.99 Å². The Hall–Kier alpha value is -3.61. The number of pyridine rings is 2. The summed E-state index contributed by atoms with van der Waals surface area (Å²) in [5, 5.41) is 20.2. The monoisotopic (exact) mass is 562 g/mol. The Morgan fingerprint density at radius 3 is 2.62 bits per heavy atom. The van der Waals surface area contributed by atoms with Gasteiger partial charge in [-0.1, -0.05) is 52.3 Å². The maximum absolute atomic E-state index is 14.0. The number of rotatable bonds is 8. The van der Waals surface area contributed by atoms with Crippen molar-refractivity contribution < 1.29 is 4.39 Å². The minimum atomic E-state index is -0.525. The Labute approximate surface area is 240 Å². The molecule has 40 heavy (non-hydrogen) atoms. The molecule has 1 aliphatic heterocycles. The third kappa shape index (κ3) is 5.38. The minimum Gasteiger partial charge on any atom is -0.383 e. The summed E-state index contributed by atoms with van der Waals surface area (Å²) in [6.45, 7) is 13.3. The molecule has 0 radical (unpaired) electrons. The molecule has 1 aliphatic carbocycles. The van der Waals surface area contributed by atoms with E-state index in [1.807, 2.05) is 12.1 Å². The van der Waals surface area contributed by atoms with Crippen LogP contribution in [0.25, 0.3) is 10.9 Å². The van der Waals surface area contributed by atoms with Crippen molar-refractivity contribution in [2.24, 2.45) is 11.3 Å². The van der Waals surface area contributed by atoms with Crippen molar-refractivity contribution in [2.75, 3.05) is 17.2 Å². The molecule has 2 aliphatic rings. The number of hydrazine groups is 2. The predicted octanol–water partition coefficient (Wildman–Crippen LogP) is 6.57. The lowest BCUT2D eigenvalue weighted by Crippen LogP contribution is -2.47. The average Bonchev–Trinajstić information content (AvgIpc) is 3.56. The Bertz CT molecular complexity index is 1520. The van der Waals surface area contributed by atoms with E-state index in [0.29, 0.717) is 39.9 Å². The second-order valence-electron chi connectivity index (χ2n) is 12.3. The van der Waals surface area contributed by atoms with Gasteiger partial charge in [0.2, 0.25) is 5.95 Å². The van der Waals surface area contributed by atoms with Crippen molar-refractivity contribution in [3.63, 3.8) is 0 Å². The Kier molecular flexibility index (Phi) is 7.28. The van der Waals surface area contributed by atoms with E-state index in [0.717, 1.165) is 35.2 Å². The molecule has 0 bridgehead atoms. The topological polar surface area (TPSA) is 101 Å². The minimum absolute atomic E-state index is 0.00538. The van der Waals surface area contributed by atoms with E-state index < -0.39 is 5.95 Å². The highest BCUT2D eigenvalue weighted by Gasteiger charge is 2.51. The molecule has 0 saturated heterocycles. The maximum Gasteiger partial charge on any atom is 0.213 e. The second-order valence-corrected chi connectivity index (χ2v) is 12.7. The van der Waals surface area contributed by atoms with Crippen LogP contribution in [0.2, 0.25) is 5.02 Å². The van der Waals surface area contributed by atoms with Gasteiger partial charge < -0.3 is 16.1 Å². The summed E-state index contributed by atoms with van der Waals surface area (Å²) >= 11 is 6.76. The van der Waals surface area contributed by atoms with E-state index in [9.17, 15) is 9.65 Å². The number of hydrogen-bond acceptors (Lipinski definition) is 8. The maximum atomic E-state index is 14.0. The molecule has 1 saturated carbocycles. The molecule has 210 valence electrons. The van der Waals surface area contributed by atoms with Crippen LogP contribution in [-0.4, -0.2) is 27.1 Å². The van der Waals surface area contributed by atoms with Crippen LogP contribution >= 0.6 is 11.6 Å². The van der Waals surface area contributed by atoms with Crippen LogP contribution in [0, 0.1) is 35.5 Å². The zero-order valence-corrected chi connectivity index (χ0v) is 24.5. The molecular weight excluding hydrogens is 527 g/mol. The first-order chi connectivity index (χ1) is 18.9. The standard InChI is InChI=1S/C30H36ClFN8/c1-17(2)30(9-10-30)40-15-24(38-39-40)28(21-7-8-25(32)36-18(21)3)37-20-11-22-26(35-16-29(4,5)6)19(13-33)14-34-27(22)23(31)12-20/h7-8,11-12,14-15,17,28,37-39H,9-10,16H2,1-6H3,(H,34,35)/t28-/m0/s1. The number of nitrogens with one attached hydrogen (secondary N) is 4. The number of anilines is 2. The van der Waals surface area contributed by atoms with Crippen LogP contribution in [0.5, 0.6) is 0 Å². The quantitative estimate of drug-likeness (QED) is 0.229. The first-order valence-corrected chi connectivity index (χ1v) is 14.0. The molecule has 0 amide bonds. The van der Waals surface area contributed by atoms with Crippen molar-refractivity contribution in [2.45, 2.75) is 66.0 Å². The van der Waals surface area contributed by atoms with Gasteiger partial charge >= 0.3 is 0 Å². The summed E-state index contributed by atoms with van der Waals surface area (Å²) in [7, 11) is 0. The number of fused-ring (bicyclic) bond motifs is 1. The summed E-state index contributed by atoms with van der Waals surface area (Å²) in [6.07, 6.45) is 5.86. The summed E-state index contributed by atoms with van der Waals surface area (Å²) in [4.78, 5) is 8.57. The molecule has 3 aromatic rings. The van der Waals surface area contributed by atoms with Gasteiger partial charge in [0.05, 0.1) is 39.1 Å². The van der Waals surface area contributed by atoms with Crippen molar-refractivity contribution >= 4 is 33.9 Å². The van der Waals surface area contributed by atoms with E-state index in [4.69, 9.17) is 11.6 Å². The largest absolute Gasteiger partial charge is 0.383 e. The number of hydrogen-bond donors (Lipinski definition) is 4. The van der Waals surface area contributed by atoms with Gasteiger partial charge in [-0.15, -0.1) is 5.53 Å². The predicted molar refractivity (Wildman–Crippen MR) is 158 cm³/mol. The number of benzene rings is 1. The number of aromatic nitrogens is 2. The smallest absolute Gasteiger partial charge is 0.213 e. The van der Waals surface area contributed by atoms with Gasteiger partial charge in [0.25, 0.3) is 0 Å². The van der Waals surface area contributed by atoms with Crippen LogP contribution < -0.4 is 21.6 Å². The van der Waals surface area contributed by atoms with E-state index in [2.05, 4.69) is 83.5 Å². The Morgan fingerprint density at radius 2 is 2.00 bits per heavy atom. The van der Waals surface area contributed by atoms with Crippen molar-refractivity contribution in [1.29, 1.82) is 5.26 Å². The summed E-state index contributed by atoms with van der Waals surface area (Å²) in [6, 6.07) is 8.78. The van der Waals surface area contributed by atoms with E-state index >= 15 is 0 Å². The molecule has 4 N–H and O–H groups in total. The van der Waals surface area contributed by atoms with Gasteiger partial charge in [-0.2, -0.15) is 9.65 Å². The average molecular weight is 563 g/mol. The summed E-state index contributed by atoms with van der Waals surface area (Å²) < 4.78 is 14.0. The zero-order valence-electron chi connectivity index (χ0n) is 23.8. The zero-order chi connectivity index (χ0) is 28.8. The number of halogens is 2. The highest BCUT2D eigenvalue weighted by Crippen LogP contribution is 2.48. The van der Waals surface area contributed by atoms with Crippen molar-refractivity contribution in [3.8, 4) is 6.07 Å². The normalized spacial score (nSPS) is 16.9. The van der Waals surface area contributed by atoms with Crippen LogP contribution in [0.3, 0.4) is 0 Å². The third-order valence-corrected chi connectivity index (χ3v) is 8.06.